The number of rotatable bonds is 10. The first-order chi connectivity index (χ1) is 23.3. The lowest BCUT2D eigenvalue weighted by Gasteiger charge is -2.44. The Hall–Kier alpha value is -3.84. The monoisotopic (exact) mass is 659 g/mol. The summed E-state index contributed by atoms with van der Waals surface area (Å²) in [6.45, 7) is 5.91. The van der Waals surface area contributed by atoms with Crippen molar-refractivity contribution < 1.29 is 38.4 Å². The van der Waals surface area contributed by atoms with E-state index in [9.17, 15) is 14.7 Å². The van der Waals surface area contributed by atoms with Gasteiger partial charge >= 0.3 is 12.0 Å². The van der Waals surface area contributed by atoms with Crippen LogP contribution >= 0.6 is 0 Å². The van der Waals surface area contributed by atoms with Gasteiger partial charge in [-0.05, 0) is 28.8 Å². The normalized spacial score (nSPS) is 24.6. The molecule has 3 fully saturated rings. The second-order valence-electron chi connectivity index (χ2n) is 12.7. The molecular formula is C37H45N3O8. The van der Waals surface area contributed by atoms with E-state index < -0.39 is 30.1 Å². The van der Waals surface area contributed by atoms with E-state index in [1.807, 2.05) is 66.7 Å². The number of anilines is 1. The highest BCUT2D eigenvalue weighted by Crippen LogP contribution is 2.42. The van der Waals surface area contributed by atoms with Crippen molar-refractivity contribution in [3.8, 4) is 0 Å². The van der Waals surface area contributed by atoms with Gasteiger partial charge in [0, 0.05) is 56.1 Å². The van der Waals surface area contributed by atoms with E-state index in [0.717, 1.165) is 54.7 Å². The van der Waals surface area contributed by atoms with Crippen LogP contribution in [0.15, 0.2) is 78.9 Å². The van der Waals surface area contributed by atoms with Gasteiger partial charge in [0.15, 0.2) is 12.1 Å². The number of nitrogens with zero attached hydrogens (tertiary/aromatic N) is 1. The van der Waals surface area contributed by atoms with Gasteiger partial charge in [0.25, 0.3) is 0 Å². The maximum Gasteiger partial charge on any atom is 0.328 e. The molecule has 3 heterocycles. The lowest BCUT2D eigenvalue weighted by atomic mass is 9.89. The Morgan fingerprint density at radius 2 is 1.58 bits per heavy atom. The molecule has 256 valence electrons. The third-order valence-electron chi connectivity index (χ3n) is 9.51. The summed E-state index contributed by atoms with van der Waals surface area (Å²) in [5.41, 5.74) is 4.14. The smallest absolute Gasteiger partial charge is 0.328 e. The van der Waals surface area contributed by atoms with Gasteiger partial charge in [-0.3, -0.25) is 0 Å². The van der Waals surface area contributed by atoms with Crippen LogP contribution in [0.4, 0.5) is 10.5 Å². The molecule has 0 bridgehead atoms. The van der Waals surface area contributed by atoms with Gasteiger partial charge in [-0.15, -0.1) is 0 Å². The zero-order chi connectivity index (χ0) is 33.5. The number of nitrogens with one attached hydrogen (secondary N) is 2. The minimum absolute atomic E-state index is 0.0195. The predicted octanol–water partition coefficient (Wildman–Crippen LogP) is 4.72. The average Bonchev–Trinajstić information content (AvgIpc) is 3.58. The van der Waals surface area contributed by atoms with Crippen molar-refractivity contribution in [3.63, 3.8) is 0 Å². The van der Waals surface area contributed by atoms with Crippen LogP contribution in [0.2, 0.25) is 0 Å². The van der Waals surface area contributed by atoms with Crippen LogP contribution in [0, 0.1) is 5.92 Å². The van der Waals surface area contributed by atoms with Crippen molar-refractivity contribution in [2.45, 2.75) is 63.1 Å². The van der Waals surface area contributed by atoms with Gasteiger partial charge < -0.3 is 44.3 Å². The molecule has 0 aromatic heterocycles. The van der Waals surface area contributed by atoms with Gasteiger partial charge in [0.1, 0.15) is 6.04 Å². The zero-order valence-electron chi connectivity index (χ0n) is 27.5. The molecule has 48 heavy (non-hydrogen) atoms. The topological polar surface area (TPSA) is 128 Å². The van der Waals surface area contributed by atoms with E-state index in [0.29, 0.717) is 25.3 Å². The standard InChI is InChI=1S/C37H45N3O8/c1-25-32(23-40-18-16-37(17-19-40)45-20-21-46-37)47-35(48-33(25)28-10-8-27(24-41)9-11-28)29-12-14-30(15-13-29)38-36(43)39-31(34(42)44-2)22-26-6-4-3-5-7-26/h3-15,25,31-33,35,41H,16-24H2,1-2H3,(H2,38,39,43)/t25-,31-,32+,33+,35+/m0/s1. The Bertz CT molecular complexity index is 1490. The first-order valence-electron chi connectivity index (χ1n) is 16.6. The number of benzene rings is 3. The maximum atomic E-state index is 12.9. The third kappa shape index (κ3) is 8.23. The number of hydrogen-bond acceptors (Lipinski definition) is 9. The number of esters is 1. The number of amides is 2. The quantitative estimate of drug-likeness (QED) is 0.265. The number of methoxy groups -OCH3 is 1. The van der Waals surface area contributed by atoms with Crippen LogP contribution < -0.4 is 10.6 Å². The number of carbonyl (C=O) groups is 2. The lowest BCUT2D eigenvalue weighted by molar-refractivity contribution is -0.278. The third-order valence-corrected chi connectivity index (χ3v) is 9.51. The molecule has 2 amide bonds. The molecule has 0 radical (unpaired) electrons. The summed E-state index contributed by atoms with van der Waals surface area (Å²) < 4.78 is 30.1. The van der Waals surface area contributed by atoms with E-state index in [2.05, 4.69) is 22.5 Å². The van der Waals surface area contributed by atoms with Crippen LogP contribution in [-0.2, 0) is 41.5 Å². The molecule has 11 nitrogen and oxygen atoms in total. The number of hydrogen-bond donors (Lipinski definition) is 3. The number of aliphatic hydroxyl groups excluding tert-OH is 1. The highest BCUT2D eigenvalue weighted by atomic mass is 16.7. The maximum absolute atomic E-state index is 12.9. The van der Waals surface area contributed by atoms with Gasteiger partial charge in [0.2, 0.25) is 0 Å². The minimum atomic E-state index is -0.841. The van der Waals surface area contributed by atoms with Gasteiger partial charge in [-0.1, -0.05) is 73.7 Å². The average molecular weight is 660 g/mol. The molecule has 3 aliphatic heterocycles. The predicted molar refractivity (Wildman–Crippen MR) is 178 cm³/mol. The number of likely N-dealkylation sites (tertiary alicyclic amines) is 1. The summed E-state index contributed by atoms with van der Waals surface area (Å²) >= 11 is 0. The number of ether oxygens (including phenoxy) is 5. The van der Waals surface area contributed by atoms with Gasteiger partial charge in [0.05, 0.1) is 39.1 Å². The van der Waals surface area contributed by atoms with Crippen LogP contribution in [0.25, 0.3) is 0 Å². The Morgan fingerprint density at radius 1 is 0.917 bits per heavy atom. The Balaban J connectivity index is 1.13. The number of urea groups is 1. The zero-order valence-corrected chi connectivity index (χ0v) is 27.5. The van der Waals surface area contributed by atoms with Crippen molar-refractivity contribution in [1.82, 2.24) is 10.2 Å². The fourth-order valence-electron chi connectivity index (χ4n) is 6.68. The van der Waals surface area contributed by atoms with Gasteiger partial charge in [-0.25, -0.2) is 9.59 Å². The minimum Gasteiger partial charge on any atom is -0.467 e. The molecule has 0 saturated carbocycles. The molecule has 0 unspecified atom stereocenters. The molecule has 3 aromatic carbocycles. The second-order valence-corrected chi connectivity index (χ2v) is 12.7. The number of aliphatic hydroxyl groups is 1. The number of carbonyl (C=O) groups excluding carboxylic acids is 2. The van der Waals surface area contributed by atoms with Crippen molar-refractivity contribution in [3.05, 3.63) is 101 Å². The van der Waals surface area contributed by atoms with Crippen LogP contribution in [0.5, 0.6) is 0 Å². The Morgan fingerprint density at radius 3 is 2.23 bits per heavy atom. The summed E-state index contributed by atoms with van der Waals surface area (Å²) in [7, 11) is 1.30. The van der Waals surface area contributed by atoms with E-state index in [-0.39, 0.29) is 24.7 Å². The molecule has 3 aromatic rings. The summed E-state index contributed by atoms with van der Waals surface area (Å²) in [6, 6.07) is 23.3. The second kappa shape index (κ2) is 15.6. The Kier molecular flexibility index (Phi) is 11.1. The highest BCUT2D eigenvalue weighted by molar-refractivity contribution is 5.92. The summed E-state index contributed by atoms with van der Waals surface area (Å²) in [6.07, 6.45) is 0.976. The molecule has 3 aliphatic rings. The van der Waals surface area contributed by atoms with Crippen molar-refractivity contribution >= 4 is 17.7 Å². The molecule has 11 heteroatoms. The van der Waals surface area contributed by atoms with E-state index in [4.69, 9.17) is 23.7 Å². The van der Waals surface area contributed by atoms with Crippen LogP contribution in [0.1, 0.15) is 54.4 Å². The largest absolute Gasteiger partial charge is 0.467 e. The first kappa shape index (κ1) is 34.0. The fraction of sp³-hybridized carbons (Fsp3) is 0.459. The summed E-state index contributed by atoms with van der Waals surface area (Å²) in [5, 5.41) is 15.1. The Labute approximate surface area is 281 Å². The molecule has 5 atom stereocenters. The van der Waals surface area contributed by atoms with Gasteiger partial charge in [-0.2, -0.15) is 0 Å². The van der Waals surface area contributed by atoms with Crippen molar-refractivity contribution in [1.29, 1.82) is 0 Å². The van der Waals surface area contributed by atoms with E-state index >= 15 is 0 Å². The number of piperidine rings is 1. The summed E-state index contributed by atoms with van der Waals surface area (Å²) in [4.78, 5) is 27.7. The lowest BCUT2D eigenvalue weighted by Crippen LogP contribution is -2.50. The first-order valence-corrected chi connectivity index (χ1v) is 16.6. The fourth-order valence-corrected chi connectivity index (χ4v) is 6.68. The van der Waals surface area contributed by atoms with E-state index in [1.54, 1.807) is 12.1 Å². The van der Waals surface area contributed by atoms with Crippen LogP contribution in [-0.4, -0.2) is 79.9 Å². The summed E-state index contributed by atoms with van der Waals surface area (Å²) in [5.74, 6) is -0.906. The SMILES string of the molecule is COC(=O)[C@H](Cc1ccccc1)NC(=O)Nc1ccc([C@@H]2O[C@H](CN3CCC4(CC3)OCCO4)[C@H](C)[C@H](c3ccc(CO)cc3)O2)cc1. The molecule has 6 rings (SSSR count). The molecular weight excluding hydrogens is 614 g/mol. The molecule has 3 saturated heterocycles. The van der Waals surface area contributed by atoms with Crippen molar-refractivity contribution in [2.24, 2.45) is 5.92 Å². The van der Waals surface area contributed by atoms with Crippen LogP contribution in [0.3, 0.4) is 0 Å². The van der Waals surface area contributed by atoms with Crippen molar-refractivity contribution in [2.75, 3.05) is 45.3 Å². The highest BCUT2D eigenvalue weighted by Gasteiger charge is 2.43. The van der Waals surface area contributed by atoms with E-state index in [1.165, 1.54) is 7.11 Å². The molecule has 0 aliphatic carbocycles. The molecule has 1 spiro atoms. The molecule has 3 N–H and O–H groups in total.